The van der Waals surface area contributed by atoms with Gasteiger partial charge in [0.1, 0.15) is 11.5 Å². The second-order valence-electron chi connectivity index (χ2n) is 4.51. The van der Waals surface area contributed by atoms with Gasteiger partial charge in [-0.05, 0) is 18.1 Å². The Morgan fingerprint density at radius 3 is 2.48 bits per heavy atom. The zero-order valence-corrected chi connectivity index (χ0v) is 12.7. The zero-order chi connectivity index (χ0) is 15.7. The lowest BCUT2D eigenvalue weighted by Crippen LogP contribution is -2.30. The second-order valence-corrected chi connectivity index (χ2v) is 4.51. The molecular weight excluding hydrogens is 272 g/mol. The monoisotopic (exact) mass is 294 g/mol. The Morgan fingerprint density at radius 2 is 1.86 bits per heavy atom. The number of carbonyl (C=O) groups excluding carboxylic acids is 2. The Balaban J connectivity index is 2.38. The molecular formula is C15H22N2O4. The molecule has 0 bridgehead atoms. The van der Waals surface area contributed by atoms with Crippen LogP contribution in [0, 0.1) is 0 Å². The maximum absolute atomic E-state index is 11.6. The summed E-state index contributed by atoms with van der Waals surface area (Å²) in [6, 6.07) is 5.59. The van der Waals surface area contributed by atoms with Crippen molar-refractivity contribution in [1.29, 1.82) is 0 Å². The minimum atomic E-state index is -0.134. The van der Waals surface area contributed by atoms with Crippen LogP contribution in [0.25, 0.3) is 0 Å². The van der Waals surface area contributed by atoms with E-state index in [1.165, 1.54) is 6.92 Å². The van der Waals surface area contributed by atoms with Crippen molar-refractivity contribution in [2.45, 2.75) is 19.8 Å². The van der Waals surface area contributed by atoms with E-state index in [4.69, 9.17) is 9.47 Å². The van der Waals surface area contributed by atoms with E-state index < -0.39 is 0 Å². The summed E-state index contributed by atoms with van der Waals surface area (Å²) in [4.78, 5) is 22.2. The fourth-order valence-electron chi connectivity index (χ4n) is 1.84. The molecule has 1 aromatic rings. The minimum absolute atomic E-state index is 0.0868. The number of carbonyl (C=O) groups is 2. The summed E-state index contributed by atoms with van der Waals surface area (Å²) in [7, 11) is 3.20. The number of amides is 2. The third kappa shape index (κ3) is 6.16. The number of methoxy groups -OCH3 is 2. The summed E-state index contributed by atoms with van der Waals surface area (Å²) >= 11 is 0. The molecule has 0 aliphatic rings. The van der Waals surface area contributed by atoms with Gasteiger partial charge in [-0.1, -0.05) is 6.07 Å². The van der Waals surface area contributed by atoms with Gasteiger partial charge in [-0.2, -0.15) is 0 Å². The molecule has 6 nitrogen and oxygen atoms in total. The molecule has 0 aliphatic heterocycles. The van der Waals surface area contributed by atoms with Crippen LogP contribution in [0.15, 0.2) is 18.2 Å². The normalized spacial score (nSPS) is 9.86. The summed E-state index contributed by atoms with van der Waals surface area (Å²) in [5.41, 5.74) is 1.00. The lowest BCUT2D eigenvalue weighted by molar-refractivity contribution is -0.121. The van der Waals surface area contributed by atoms with Gasteiger partial charge in [-0.25, -0.2) is 0 Å². The molecule has 2 amide bonds. The van der Waals surface area contributed by atoms with E-state index in [1.807, 2.05) is 18.2 Å². The SMILES string of the molecule is COc1ccc(CCNC(=O)CCNC(C)=O)c(OC)c1. The summed E-state index contributed by atoms with van der Waals surface area (Å²) in [6.45, 7) is 2.29. The van der Waals surface area contributed by atoms with E-state index in [1.54, 1.807) is 14.2 Å². The topological polar surface area (TPSA) is 76.7 Å². The molecule has 21 heavy (non-hydrogen) atoms. The predicted molar refractivity (Wildman–Crippen MR) is 79.6 cm³/mol. The van der Waals surface area contributed by atoms with Gasteiger partial charge < -0.3 is 20.1 Å². The highest BCUT2D eigenvalue weighted by molar-refractivity contribution is 5.77. The number of ether oxygens (including phenoxy) is 2. The summed E-state index contributed by atoms with van der Waals surface area (Å²) < 4.78 is 10.4. The standard InChI is InChI=1S/C15H22N2O4/c1-11(18)16-9-7-15(19)17-8-6-12-4-5-13(20-2)10-14(12)21-3/h4-5,10H,6-9H2,1-3H3,(H,16,18)(H,17,19). The van der Waals surface area contributed by atoms with Crippen LogP contribution >= 0.6 is 0 Å². The van der Waals surface area contributed by atoms with Crippen molar-refractivity contribution in [3.05, 3.63) is 23.8 Å². The van der Waals surface area contributed by atoms with Crippen LogP contribution in [0.3, 0.4) is 0 Å². The van der Waals surface area contributed by atoms with Crippen molar-refractivity contribution in [2.24, 2.45) is 0 Å². The fraction of sp³-hybridized carbons (Fsp3) is 0.467. The maximum Gasteiger partial charge on any atom is 0.221 e. The molecule has 0 aromatic heterocycles. The van der Waals surface area contributed by atoms with Crippen LogP contribution in [0.5, 0.6) is 11.5 Å². The first-order valence-corrected chi connectivity index (χ1v) is 6.79. The summed E-state index contributed by atoms with van der Waals surface area (Å²) in [6.07, 6.45) is 0.943. The van der Waals surface area contributed by atoms with Crippen molar-refractivity contribution >= 4 is 11.8 Å². The first kappa shape index (κ1) is 16.8. The Bertz CT molecular complexity index is 489. The van der Waals surface area contributed by atoms with Crippen molar-refractivity contribution in [2.75, 3.05) is 27.3 Å². The minimum Gasteiger partial charge on any atom is -0.497 e. The predicted octanol–water partition coefficient (Wildman–Crippen LogP) is 0.889. The van der Waals surface area contributed by atoms with Gasteiger partial charge in [0.25, 0.3) is 0 Å². The van der Waals surface area contributed by atoms with Crippen LogP contribution in [-0.4, -0.2) is 39.1 Å². The van der Waals surface area contributed by atoms with Crippen LogP contribution in [0.4, 0.5) is 0 Å². The van der Waals surface area contributed by atoms with Crippen LogP contribution in [0.2, 0.25) is 0 Å². The first-order valence-electron chi connectivity index (χ1n) is 6.79. The Morgan fingerprint density at radius 1 is 1.10 bits per heavy atom. The molecule has 6 heteroatoms. The average Bonchev–Trinajstić information content (AvgIpc) is 2.47. The largest absolute Gasteiger partial charge is 0.497 e. The smallest absolute Gasteiger partial charge is 0.221 e. The van der Waals surface area contributed by atoms with E-state index in [-0.39, 0.29) is 18.2 Å². The van der Waals surface area contributed by atoms with Crippen molar-refractivity contribution in [3.63, 3.8) is 0 Å². The number of rotatable bonds is 8. The first-order chi connectivity index (χ1) is 10.1. The van der Waals surface area contributed by atoms with E-state index in [0.29, 0.717) is 19.5 Å². The summed E-state index contributed by atoms with van der Waals surface area (Å²) in [5, 5.41) is 5.39. The molecule has 0 unspecified atom stereocenters. The quantitative estimate of drug-likeness (QED) is 0.746. The van der Waals surface area contributed by atoms with Crippen LogP contribution < -0.4 is 20.1 Å². The van der Waals surface area contributed by atoms with E-state index in [9.17, 15) is 9.59 Å². The van der Waals surface area contributed by atoms with Crippen molar-refractivity contribution in [3.8, 4) is 11.5 Å². The van der Waals surface area contributed by atoms with Gasteiger partial charge in [-0.3, -0.25) is 9.59 Å². The molecule has 0 spiro atoms. The lowest BCUT2D eigenvalue weighted by Gasteiger charge is -2.11. The van der Waals surface area contributed by atoms with Crippen LogP contribution in [0.1, 0.15) is 18.9 Å². The Labute approximate surface area is 124 Å². The molecule has 116 valence electrons. The third-order valence-electron chi connectivity index (χ3n) is 2.94. The van der Waals surface area contributed by atoms with Crippen LogP contribution in [-0.2, 0) is 16.0 Å². The number of hydrogen-bond donors (Lipinski definition) is 2. The molecule has 1 rings (SSSR count). The van der Waals surface area contributed by atoms with Gasteiger partial charge in [0.05, 0.1) is 14.2 Å². The number of nitrogens with one attached hydrogen (secondary N) is 2. The second kappa shape index (κ2) is 8.84. The maximum atomic E-state index is 11.6. The molecule has 0 saturated heterocycles. The third-order valence-corrected chi connectivity index (χ3v) is 2.94. The van der Waals surface area contributed by atoms with Crippen molar-refractivity contribution in [1.82, 2.24) is 10.6 Å². The van der Waals surface area contributed by atoms with Gasteiger partial charge in [0.15, 0.2) is 0 Å². The molecule has 0 heterocycles. The Kier molecular flexibility index (Phi) is 7.08. The van der Waals surface area contributed by atoms with E-state index >= 15 is 0 Å². The van der Waals surface area contributed by atoms with Crippen molar-refractivity contribution < 1.29 is 19.1 Å². The molecule has 2 N–H and O–H groups in total. The molecule has 0 fully saturated rings. The van der Waals surface area contributed by atoms with E-state index in [2.05, 4.69) is 10.6 Å². The molecule has 0 radical (unpaired) electrons. The molecule has 0 atom stereocenters. The van der Waals surface area contributed by atoms with Gasteiger partial charge in [0, 0.05) is 32.5 Å². The Hall–Kier alpha value is -2.24. The molecule has 0 saturated carbocycles. The van der Waals surface area contributed by atoms with Gasteiger partial charge in [0.2, 0.25) is 11.8 Å². The highest BCUT2D eigenvalue weighted by Crippen LogP contribution is 2.24. The molecule has 1 aromatic carbocycles. The molecule has 0 aliphatic carbocycles. The van der Waals surface area contributed by atoms with E-state index in [0.717, 1.165) is 17.1 Å². The number of hydrogen-bond acceptors (Lipinski definition) is 4. The average molecular weight is 294 g/mol. The highest BCUT2D eigenvalue weighted by Gasteiger charge is 2.06. The van der Waals surface area contributed by atoms with Gasteiger partial charge in [-0.15, -0.1) is 0 Å². The zero-order valence-electron chi connectivity index (χ0n) is 12.7. The number of benzene rings is 1. The summed E-state index contributed by atoms with van der Waals surface area (Å²) in [5.74, 6) is 1.25. The highest BCUT2D eigenvalue weighted by atomic mass is 16.5. The van der Waals surface area contributed by atoms with Gasteiger partial charge >= 0.3 is 0 Å². The fourth-order valence-corrected chi connectivity index (χ4v) is 1.84. The lowest BCUT2D eigenvalue weighted by atomic mass is 10.1.